The molecule has 2 heterocycles. The zero-order valence-corrected chi connectivity index (χ0v) is 10.8. The van der Waals surface area contributed by atoms with Crippen LogP contribution in [0.4, 0.5) is 0 Å². The van der Waals surface area contributed by atoms with Gasteiger partial charge in [0.1, 0.15) is 0 Å². The standard InChI is InChI=1S/C13H21NO4/c1-9-7-14(8-11(9)13(16)17)12(15)6-10-4-2-3-5-18-10/h9-11H,2-8H2,1H3,(H,16,17). The molecule has 0 radical (unpaired) electrons. The summed E-state index contributed by atoms with van der Waals surface area (Å²) < 4.78 is 5.55. The maximum atomic E-state index is 12.1. The molecular formula is C13H21NO4. The normalized spacial score (nSPS) is 32.5. The lowest BCUT2D eigenvalue weighted by molar-refractivity contribution is -0.142. The highest BCUT2D eigenvalue weighted by Gasteiger charge is 2.37. The molecule has 2 fully saturated rings. The summed E-state index contributed by atoms with van der Waals surface area (Å²) in [6, 6.07) is 0. The number of hydrogen-bond acceptors (Lipinski definition) is 3. The summed E-state index contributed by atoms with van der Waals surface area (Å²) in [6.45, 7) is 3.54. The fraction of sp³-hybridized carbons (Fsp3) is 0.846. The third-order valence-corrected chi connectivity index (χ3v) is 3.96. The highest BCUT2D eigenvalue weighted by molar-refractivity contribution is 5.79. The molecule has 102 valence electrons. The van der Waals surface area contributed by atoms with Gasteiger partial charge in [0.25, 0.3) is 0 Å². The van der Waals surface area contributed by atoms with Gasteiger partial charge in [0.05, 0.1) is 18.4 Å². The molecule has 0 aromatic carbocycles. The second-order valence-electron chi connectivity index (χ2n) is 5.41. The predicted molar refractivity (Wildman–Crippen MR) is 65.1 cm³/mol. The minimum Gasteiger partial charge on any atom is -0.481 e. The first-order chi connectivity index (χ1) is 8.58. The van der Waals surface area contributed by atoms with Crippen molar-refractivity contribution in [1.82, 2.24) is 4.90 Å². The van der Waals surface area contributed by atoms with E-state index in [1.165, 1.54) is 0 Å². The minimum atomic E-state index is -0.799. The Labute approximate surface area is 107 Å². The van der Waals surface area contributed by atoms with Gasteiger partial charge in [-0.05, 0) is 25.2 Å². The molecule has 5 nitrogen and oxygen atoms in total. The smallest absolute Gasteiger partial charge is 0.308 e. The van der Waals surface area contributed by atoms with Gasteiger partial charge in [-0.1, -0.05) is 6.92 Å². The molecule has 3 unspecified atom stereocenters. The second-order valence-corrected chi connectivity index (χ2v) is 5.41. The maximum absolute atomic E-state index is 12.1. The number of hydrogen-bond donors (Lipinski definition) is 1. The third-order valence-electron chi connectivity index (χ3n) is 3.96. The number of carboxylic acid groups (broad SMARTS) is 1. The Morgan fingerprint density at radius 1 is 1.33 bits per heavy atom. The molecule has 0 bridgehead atoms. The van der Waals surface area contributed by atoms with Crippen LogP contribution in [0.3, 0.4) is 0 Å². The first-order valence-electron chi connectivity index (χ1n) is 6.70. The summed E-state index contributed by atoms with van der Waals surface area (Å²) in [5.41, 5.74) is 0. The van der Waals surface area contributed by atoms with E-state index >= 15 is 0 Å². The van der Waals surface area contributed by atoms with Crippen molar-refractivity contribution < 1.29 is 19.4 Å². The lowest BCUT2D eigenvalue weighted by Gasteiger charge is -2.24. The van der Waals surface area contributed by atoms with Gasteiger partial charge >= 0.3 is 5.97 Å². The van der Waals surface area contributed by atoms with E-state index in [0.717, 1.165) is 25.9 Å². The van der Waals surface area contributed by atoms with Crippen LogP contribution in [-0.4, -0.2) is 47.7 Å². The minimum absolute atomic E-state index is 0.0328. The number of nitrogens with zero attached hydrogens (tertiary/aromatic N) is 1. The molecule has 18 heavy (non-hydrogen) atoms. The molecule has 0 saturated carbocycles. The van der Waals surface area contributed by atoms with Crippen molar-refractivity contribution in [3.63, 3.8) is 0 Å². The summed E-state index contributed by atoms with van der Waals surface area (Å²) in [6.07, 6.45) is 3.57. The highest BCUT2D eigenvalue weighted by Crippen LogP contribution is 2.25. The van der Waals surface area contributed by atoms with Crippen LogP contribution in [0.25, 0.3) is 0 Å². The van der Waals surface area contributed by atoms with Gasteiger partial charge in [0.15, 0.2) is 0 Å². The van der Waals surface area contributed by atoms with E-state index in [1.54, 1.807) is 4.90 Å². The molecule has 0 aromatic heterocycles. The van der Waals surface area contributed by atoms with Crippen molar-refractivity contribution >= 4 is 11.9 Å². The Hall–Kier alpha value is -1.10. The molecule has 2 rings (SSSR count). The zero-order chi connectivity index (χ0) is 13.1. The lowest BCUT2D eigenvalue weighted by Crippen LogP contribution is -2.34. The largest absolute Gasteiger partial charge is 0.481 e. The molecule has 3 atom stereocenters. The highest BCUT2D eigenvalue weighted by atomic mass is 16.5. The van der Waals surface area contributed by atoms with E-state index < -0.39 is 11.9 Å². The molecule has 2 aliphatic rings. The van der Waals surface area contributed by atoms with Gasteiger partial charge in [0.2, 0.25) is 5.91 Å². The summed E-state index contributed by atoms with van der Waals surface area (Å²) in [5.74, 6) is -1.14. The van der Waals surface area contributed by atoms with E-state index in [2.05, 4.69) is 0 Å². The Morgan fingerprint density at radius 3 is 2.67 bits per heavy atom. The third kappa shape index (κ3) is 3.02. The van der Waals surface area contributed by atoms with Crippen molar-refractivity contribution in [3.05, 3.63) is 0 Å². The van der Waals surface area contributed by atoms with Crippen molar-refractivity contribution in [2.24, 2.45) is 11.8 Å². The molecule has 2 aliphatic heterocycles. The van der Waals surface area contributed by atoms with Crippen LogP contribution >= 0.6 is 0 Å². The van der Waals surface area contributed by atoms with E-state index in [1.807, 2.05) is 6.92 Å². The van der Waals surface area contributed by atoms with Crippen molar-refractivity contribution in [2.45, 2.75) is 38.7 Å². The molecule has 0 aliphatic carbocycles. The number of carbonyl (C=O) groups is 2. The number of carbonyl (C=O) groups excluding carboxylic acids is 1. The van der Waals surface area contributed by atoms with Crippen LogP contribution in [0, 0.1) is 11.8 Å². The average Bonchev–Trinajstić information content (AvgIpc) is 2.73. The number of amides is 1. The zero-order valence-electron chi connectivity index (χ0n) is 10.8. The number of carboxylic acids is 1. The SMILES string of the molecule is CC1CN(C(=O)CC2CCCCO2)CC1C(=O)O. The fourth-order valence-electron chi connectivity index (χ4n) is 2.78. The molecule has 2 saturated heterocycles. The van der Waals surface area contributed by atoms with E-state index in [-0.39, 0.29) is 17.9 Å². The van der Waals surface area contributed by atoms with E-state index in [9.17, 15) is 9.59 Å². The quantitative estimate of drug-likeness (QED) is 0.820. The number of aliphatic carboxylic acids is 1. The molecule has 0 spiro atoms. The Kier molecular flexibility index (Phi) is 4.22. The first-order valence-corrected chi connectivity index (χ1v) is 6.70. The maximum Gasteiger partial charge on any atom is 0.308 e. The van der Waals surface area contributed by atoms with Crippen LogP contribution in [0.15, 0.2) is 0 Å². The average molecular weight is 255 g/mol. The summed E-state index contributed by atoms with van der Waals surface area (Å²) in [7, 11) is 0. The first kappa shape index (κ1) is 13.3. The van der Waals surface area contributed by atoms with Crippen molar-refractivity contribution in [3.8, 4) is 0 Å². The topological polar surface area (TPSA) is 66.8 Å². The van der Waals surface area contributed by atoms with Crippen LogP contribution in [0.2, 0.25) is 0 Å². The van der Waals surface area contributed by atoms with Crippen LogP contribution < -0.4 is 0 Å². The Bertz CT molecular complexity index is 325. The molecule has 1 N–H and O–H groups in total. The summed E-state index contributed by atoms with van der Waals surface area (Å²) in [4.78, 5) is 24.8. The van der Waals surface area contributed by atoms with Gasteiger partial charge in [0, 0.05) is 19.7 Å². The fourth-order valence-corrected chi connectivity index (χ4v) is 2.78. The van der Waals surface area contributed by atoms with E-state index in [0.29, 0.717) is 19.5 Å². The Morgan fingerprint density at radius 2 is 2.11 bits per heavy atom. The Balaban J connectivity index is 1.84. The lowest BCUT2D eigenvalue weighted by atomic mass is 9.99. The molecule has 0 aromatic rings. The second kappa shape index (κ2) is 5.69. The van der Waals surface area contributed by atoms with Crippen molar-refractivity contribution in [1.29, 1.82) is 0 Å². The molecule has 5 heteroatoms. The number of ether oxygens (including phenoxy) is 1. The number of rotatable bonds is 3. The molecule has 1 amide bonds. The molecular weight excluding hydrogens is 234 g/mol. The predicted octanol–water partition coefficient (Wildman–Crippen LogP) is 1.12. The van der Waals surface area contributed by atoms with Crippen LogP contribution in [0.5, 0.6) is 0 Å². The number of likely N-dealkylation sites (tertiary alicyclic amines) is 1. The van der Waals surface area contributed by atoms with E-state index in [4.69, 9.17) is 9.84 Å². The summed E-state index contributed by atoms with van der Waals surface area (Å²) >= 11 is 0. The van der Waals surface area contributed by atoms with Crippen LogP contribution in [0.1, 0.15) is 32.6 Å². The van der Waals surface area contributed by atoms with Crippen LogP contribution in [-0.2, 0) is 14.3 Å². The van der Waals surface area contributed by atoms with Gasteiger partial charge in [-0.25, -0.2) is 0 Å². The van der Waals surface area contributed by atoms with Gasteiger partial charge < -0.3 is 14.7 Å². The van der Waals surface area contributed by atoms with Crippen molar-refractivity contribution in [2.75, 3.05) is 19.7 Å². The van der Waals surface area contributed by atoms with Gasteiger partial charge in [-0.15, -0.1) is 0 Å². The van der Waals surface area contributed by atoms with Gasteiger partial charge in [-0.3, -0.25) is 9.59 Å². The monoisotopic (exact) mass is 255 g/mol. The summed E-state index contributed by atoms with van der Waals surface area (Å²) in [5, 5.41) is 9.04. The van der Waals surface area contributed by atoms with Gasteiger partial charge in [-0.2, -0.15) is 0 Å².